The van der Waals surface area contributed by atoms with Gasteiger partial charge in [-0.05, 0) is 31.7 Å². The predicted molar refractivity (Wildman–Crippen MR) is 58.6 cm³/mol. The zero-order chi connectivity index (χ0) is 9.26. The highest BCUT2D eigenvalue weighted by Gasteiger charge is 2.30. The number of rotatable bonds is 1. The minimum absolute atomic E-state index is 0. The van der Waals surface area contributed by atoms with Crippen molar-refractivity contribution in [2.75, 3.05) is 19.6 Å². The first kappa shape index (κ1) is 11.8. The highest BCUT2D eigenvalue weighted by molar-refractivity contribution is 5.85. The van der Waals surface area contributed by atoms with Crippen molar-refractivity contribution >= 4 is 18.3 Å². The number of amides is 1. The fourth-order valence-electron chi connectivity index (χ4n) is 2.11. The largest absolute Gasteiger partial charge is 0.341 e. The van der Waals surface area contributed by atoms with Crippen molar-refractivity contribution in [3.8, 4) is 0 Å². The van der Waals surface area contributed by atoms with Crippen LogP contribution in [0, 0.1) is 5.92 Å². The van der Waals surface area contributed by atoms with Gasteiger partial charge in [-0.2, -0.15) is 0 Å². The average molecular weight is 219 g/mol. The van der Waals surface area contributed by atoms with E-state index in [1.54, 1.807) is 0 Å². The van der Waals surface area contributed by atoms with Gasteiger partial charge in [-0.25, -0.2) is 0 Å². The molecule has 0 aromatic rings. The van der Waals surface area contributed by atoms with Crippen LogP contribution >= 0.6 is 12.4 Å². The van der Waals surface area contributed by atoms with Gasteiger partial charge >= 0.3 is 0 Å². The molecule has 4 heteroatoms. The highest BCUT2D eigenvalue weighted by Crippen LogP contribution is 2.17. The first-order chi connectivity index (χ1) is 6.27. The lowest BCUT2D eigenvalue weighted by atomic mass is 9.98. The molecule has 3 nitrogen and oxygen atoms in total. The van der Waals surface area contributed by atoms with Gasteiger partial charge in [0.2, 0.25) is 5.91 Å². The molecular formula is C10H19ClN2O. The number of nitrogens with one attached hydrogen (secondary N) is 1. The van der Waals surface area contributed by atoms with Gasteiger partial charge in [-0.15, -0.1) is 12.4 Å². The van der Waals surface area contributed by atoms with Gasteiger partial charge in [-0.1, -0.05) is 6.92 Å². The SMILES string of the molecule is C[C@H]1CCCN(C(=O)[C@H]2CCN2)C1.Cl. The lowest BCUT2D eigenvalue weighted by Gasteiger charge is -2.36. The first-order valence-electron chi connectivity index (χ1n) is 5.29. The van der Waals surface area contributed by atoms with Crippen LogP contribution in [0.5, 0.6) is 0 Å². The van der Waals surface area contributed by atoms with Gasteiger partial charge in [0.05, 0.1) is 6.04 Å². The summed E-state index contributed by atoms with van der Waals surface area (Å²) in [6.07, 6.45) is 3.49. The molecule has 1 N–H and O–H groups in total. The minimum atomic E-state index is 0. The van der Waals surface area contributed by atoms with Crippen LogP contribution in [0.25, 0.3) is 0 Å². The molecule has 0 unspecified atom stereocenters. The molecule has 2 atom stereocenters. The molecule has 2 fully saturated rings. The second-order valence-electron chi connectivity index (χ2n) is 4.33. The van der Waals surface area contributed by atoms with Crippen molar-refractivity contribution in [3.63, 3.8) is 0 Å². The molecule has 2 aliphatic heterocycles. The van der Waals surface area contributed by atoms with Crippen LogP contribution in [0.4, 0.5) is 0 Å². The molecule has 2 rings (SSSR count). The zero-order valence-electron chi connectivity index (χ0n) is 8.66. The normalized spacial score (nSPS) is 31.6. The second kappa shape index (κ2) is 4.99. The Morgan fingerprint density at radius 2 is 2.14 bits per heavy atom. The average Bonchev–Trinajstić information content (AvgIpc) is 2.01. The summed E-state index contributed by atoms with van der Waals surface area (Å²) in [5.41, 5.74) is 0. The van der Waals surface area contributed by atoms with E-state index in [0.717, 1.165) is 26.1 Å². The molecule has 0 bridgehead atoms. The van der Waals surface area contributed by atoms with Crippen LogP contribution in [0.2, 0.25) is 0 Å². The van der Waals surface area contributed by atoms with Crippen LogP contribution in [-0.4, -0.2) is 36.5 Å². The summed E-state index contributed by atoms with van der Waals surface area (Å²) in [5, 5.41) is 3.17. The Morgan fingerprint density at radius 1 is 1.43 bits per heavy atom. The number of nitrogens with zero attached hydrogens (tertiary/aromatic N) is 1. The van der Waals surface area contributed by atoms with Gasteiger partial charge in [0.25, 0.3) is 0 Å². The van der Waals surface area contributed by atoms with Gasteiger partial charge in [0.15, 0.2) is 0 Å². The van der Waals surface area contributed by atoms with E-state index >= 15 is 0 Å². The summed E-state index contributed by atoms with van der Waals surface area (Å²) in [6, 6.07) is 0.144. The number of carbonyl (C=O) groups excluding carboxylic acids is 1. The molecule has 2 heterocycles. The number of carbonyl (C=O) groups is 1. The summed E-state index contributed by atoms with van der Waals surface area (Å²) >= 11 is 0. The van der Waals surface area contributed by atoms with Crippen molar-refractivity contribution in [1.29, 1.82) is 0 Å². The number of hydrogen-bond acceptors (Lipinski definition) is 2. The molecule has 14 heavy (non-hydrogen) atoms. The van der Waals surface area contributed by atoms with Crippen LogP contribution in [-0.2, 0) is 4.79 Å². The van der Waals surface area contributed by atoms with E-state index in [2.05, 4.69) is 12.2 Å². The van der Waals surface area contributed by atoms with Crippen molar-refractivity contribution in [3.05, 3.63) is 0 Å². The predicted octanol–water partition coefficient (Wildman–Crippen LogP) is 1.03. The summed E-state index contributed by atoms with van der Waals surface area (Å²) < 4.78 is 0. The lowest BCUT2D eigenvalue weighted by molar-refractivity contribution is -0.136. The van der Waals surface area contributed by atoms with E-state index in [0.29, 0.717) is 11.8 Å². The number of piperidine rings is 1. The Bertz CT molecular complexity index is 206. The molecule has 0 aromatic carbocycles. The van der Waals surface area contributed by atoms with Crippen molar-refractivity contribution in [2.45, 2.75) is 32.2 Å². The third-order valence-corrected chi connectivity index (χ3v) is 3.09. The molecule has 1 amide bonds. The molecule has 0 radical (unpaired) electrons. The summed E-state index contributed by atoms with van der Waals surface area (Å²) in [7, 11) is 0. The fraction of sp³-hybridized carbons (Fsp3) is 0.900. The molecule has 82 valence electrons. The smallest absolute Gasteiger partial charge is 0.239 e. The van der Waals surface area contributed by atoms with Crippen LogP contribution < -0.4 is 5.32 Å². The van der Waals surface area contributed by atoms with Crippen LogP contribution in [0.3, 0.4) is 0 Å². The number of halogens is 1. The van der Waals surface area contributed by atoms with Crippen molar-refractivity contribution < 1.29 is 4.79 Å². The molecular weight excluding hydrogens is 200 g/mol. The topological polar surface area (TPSA) is 32.3 Å². The number of likely N-dealkylation sites (tertiary alicyclic amines) is 1. The first-order valence-corrected chi connectivity index (χ1v) is 5.29. The Kier molecular flexibility index (Phi) is 4.20. The van der Waals surface area contributed by atoms with Gasteiger partial charge in [-0.3, -0.25) is 4.79 Å². The molecule has 2 aliphatic rings. The molecule has 0 saturated carbocycles. The molecule has 2 saturated heterocycles. The monoisotopic (exact) mass is 218 g/mol. The van der Waals surface area contributed by atoms with Crippen molar-refractivity contribution in [2.24, 2.45) is 5.92 Å². The van der Waals surface area contributed by atoms with Gasteiger partial charge in [0.1, 0.15) is 0 Å². The lowest BCUT2D eigenvalue weighted by Crippen LogP contribution is -2.56. The second-order valence-corrected chi connectivity index (χ2v) is 4.33. The fourth-order valence-corrected chi connectivity index (χ4v) is 2.11. The van der Waals surface area contributed by atoms with Crippen LogP contribution in [0.1, 0.15) is 26.2 Å². The highest BCUT2D eigenvalue weighted by atomic mass is 35.5. The molecule has 0 aliphatic carbocycles. The Morgan fingerprint density at radius 3 is 2.64 bits per heavy atom. The summed E-state index contributed by atoms with van der Waals surface area (Å²) in [6.45, 7) is 5.19. The van der Waals surface area contributed by atoms with Crippen LogP contribution in [0.15, 0.2) is 0 Å². The third kappa shape index (κ3) is 2.39. The molecule has 0 spiro atoms. The number of hydrogen-bond donors (Lipinski definition) is 1. The maximum absolute atomic E-state index is 11.8. The van der Waals surface area contributed by atoms with E-state index in [1.165, 1.54) is 12.8 Å². The Hall–Kier alpha value is -0.280. The molecule has 0 aromatic heterocycles. The van der Waals surface area contributed by atoms with E-state index < -0.39 is 0 Å². The van der Waals surface area contributed by atoms with E-state index in [4.69, 9.17) is 0 Å². The van der Waals surface area contributed by atoms with Gasteiger partial charge in [0, 0.05) is 13.1 Å². The third-order valence-electron chi connectivity index (χ3n) is 3.09. The zero-order valence-corrected chi connectivity index (χ0v) is 9.48. The Labute approximate surface area is 91.6 Å². The Balaban J connectivity index is 0.000000980. The van der Waals surface area contributed by atoms with Crippen molar-refractivity contribution in [1.82, 2.24) is 10.2 Å². The summed E-state index contributed by atoms with van der Waals surface area (Å²) in [4.78, 5) is 13.8. The van der Waals surface area contributed by atoms with E-state index in [9.17, 15) is 4.79 Å². The maximum Gasteiger partial charge on any atom is 0.239 e. The van der Waals surface area contributed by atoms with Gasteiger partial charge < -0.3 is 10.2 Å². The quantitative estimate of drug-likeness (QED) is 0.713. The maximum atomic E-state index is 11.8. The van der Waals surface area contributed by atoms with E-state index in [1.807, 2.05) is 4.90 Å². The minimum Gasteiger partial charge on any atom is -0.341 e. The van der Waals surface area contributed by atoms with E-state index in [-0.39, 0.29) is 18.4 Å². The summed E-state index contributed by atoms with van der Waals surface area (Å²) in [5.74, 6) is 1.02. The standard InChI is InChI=1S/C10H18N2O.ClH/c1-8-3-2-6-12(7-8)10(13)9-4-5-11-9;/h8-9,11H,2-7H2,1H3;1H/t8-,9+;/m0./s1.